The number of benzene rings is 1. The summed E-state index contributed by atoms with van der Waals surface area (Å²) in [7, 11) is 0. The minimum absolute atomic E-state index is 0.805. The molecule has 0 aliphatic carbocycles. The van der Waals surface area contributed by atoms with E-state index in [-0.39, 0.29) is 0 Å². The highest BCUT2D eigenvalue weighted by atomic mass is 35.5. The molecule has 5 heteroatoms. The van der Waals surface area contributed by atoms with Gasteiger partial charge in [0.1, 0.15) is 0 Å². The average molecular weight is 321 g/mol. The molecule has 1 aromatic heterocycles. The number of hydrogen-bond acceptors (Lipinski definition) is 4. The van der Waals surface area contributed by atoms with Crippen LogP contribution >= 0.6 is 34.7 Å². The second kappa shape index (κ2) is 4.79. The SMILES string of the molecule is CCC1=C(c2cc3ccc(Cl)cc3s2)N2CCN=C2S1. The van der Waals surface area contributed by atoms with Crippen LogP contribution in [0.3, 0.4) is 0 Å². The fourth-order valence-electron chi connectivity index (χ4n) is 2.66. The standard InChI is InChI=1S/C15H13ClN2S2/c1-2-11-14(18-6-5-17-15(18)20-11)13-7-9-3-4-10(16)8-12(9)19-13/h3-4,7-8H,2,5-6H2,1H3. The van der Waals surface area contributed by atoms with Crippen molar-refractivity contribution >= 4 is 55.7 Å². The summed E-state index contributed by atoms with van der Waals surface area (Å²) in [5.74, 6) is 0. The van der Waals surface area contributed by atoms with Crippen LogP contribution in [0.5, 0.6) is 0 Å². The lowest BCUT2D eigenvalue weighted by Crippen LogP contribution is -2.19. The summed E-state index contributed by atoms with van der Waals surface area (Å²) in [6.07, 6.45) is 1.06. The molecule has 3 heterocycles. The first-order chi connectivity index (χ1) is 9.76. The molecule has 0 fully saturated rings. The molecule has 2 aromatic rings. The van der Waals surface area contributed by atoms with Crippen molar-refractivity contribution in [2.45, 2.75) is 13.3 Å². The van der Waals surface area contributed by atoms with Crippen LogP contribution in [0.2, 0.25) is 5.02 Å². The molecular weight excluding hydrogens is 308 g/mol. The van der Waals surface area contributed by atoms with E-state index in [1.165, 1.54) is 30.7 Å². The van der Waals surface area contributed by atoms with Gasteiger partial charge in [0.25, 0.3) is 0 Å². The van der Waals surface area contributed by atoms with Crippen LogP contribution in [0.25, 0.3) is 15.8 Å². The van der Waals surface area contributed by atoms with E-state index in [2.05, 4.69) is 35.0 Å². The van der Waals surface area contributed by atoms with Gasteiger partial charge < -0.3 is 4.90 Å². The predicted molar refractivity (Wildman–Crippen MR) is 90.6 cm³/mol. The summed E-state index contributed by atoms with van der Waals surface area (Å²) >= 11 is 9.75. The fourth-order valence-corrected chi connectivity index (χ4v) is 5.28. The Morgan fingerprint density at radius 3 is 3.10 bits per heavy atom. The molecule has 0 saturated heterocycles. The maximum atomic E-state index is 6.09. The summed E-state index contributed by atoms with van der Waals surface area (Å²) in [5, 5.41) is 3.25. The van der Waals surface area contributed by atoms with E-state index in [1.54, 1.807) is 0 Å². The van der Waals surface area contributed by atoms with Gasteiger partial charge in [-0.15, -0.1) is 11.3 Å². The second-order valence-electron chi connectivity index (χ2n) is 4.84. The molecule has 0 N–H and O–H groups in total. The molecule has 0 spiro atoms. The summed E-state index contributed by atoms with van der Waals surface area (Å²) < 4.78 is 1.25. The number of halogens is 1. The molecule has 0 atom stereocenters. The number of thioether (sulfide) groups is 1. The number of thiophene rings is 1. The molecule has 0 bridgehead atoms. The number of nitrogens with zero attached hydrogens (tertiary/aromatic N) is 2. The molecule has 20 heavy (non-hydrogen) atoms. The number of fused-ring (bicyclic) bond motifs is 2. The van der Waals surface area contributed by atoms with Crippen LogP contribution in [0.4, 0.5) is 0 Å². The van der Waals surface area contributed by atoms with Crippen molar-refractivity contribution in [2.75, 3.05) is 13.1 Å². The fraction of sp³-hybridized carbons (Fsp3) is 0.267. The van der Waals surface area contributed by atoms with Gasteiger partial charge in [0.2, 0.25) is 0 Å². The Morgan fingerprint density at radius 2 is 2.25 bits per heavy atom. The summed E-state index contributed by atoms with van der Waals surface area (Å²) in [6, 6.07) is 8.40. The number of aliphatic imine (C=N–C) groups is 1. The Hall–Kier alpha value is -0.970. The van der Waals surface area contributed by atoms with E-state index < -0.39 is 0 Å². The van der Waals surface area contributed by atoms with Gasteiger partial charge in [-0.2, -0.15) is 0 Å². The molecule has 0 unspecified atom stereocenters. The van der Waals surface area contributed by atoms with E-state index in [0.717, 1.165) is 24.5 Å². The molecule has 102 valence electrons. The highest BCUT2D eigenvalue weighted by Gasteiger charge is 2.32. The maximum Gasteiger partial charge on any atom is 0.168 e. The van der Waals surface area contributed by atoms with Crippen molar-refractivity contribution in [1.82, 2.24) is 4.90 Å². The van der Waals surface area contributed by atoms with Crippen LogP contribution in [0.15, 0.2) is 34.2 Å². The van der Waals surface area contributed by atoms with Crippen molar-refractivity contribution < 1.29 is 0 Å². The number of amidine groups is 1. The van der Waals surface area contributed by atoms with Crippen LogP contribution in [0.1, 0.15) is 18.2 Å². The first-order valence-corrected chi connectivity index (χ1v) is 8.70. The monoisotopic (exact) mass is 320 g/mol. The Balaban J connectivity index is 1.86. The van der Waals surface area contributed by atoms with Gasteiger partial charge in [-0.3, -0.25) is 4.99 Å². The van der Waals surface area contributed by atoms with Crippen LogP contribution in [-0.4, -0.2) is 23.2 Å². The Kier molecular flexibility index (Phi) is 3.05. The van der Waals surface area contributed by atoms with Crippen molar-refractivity contribution in [3.8, 4) is 0 Å². The van der Waals surface area contributed by atoms with Crippen LogP contribution in [0, 0.1) is 0 Å². The lowest BCUT2D eigenvalue weighted by molar-refractivity contribution is 0.648. The van der Waals surface area contributed by atoms with E-state index in [0.29, 0.717) is 0 Å². The van der Waals surface area contributed by atoms with E-state index in [4.69, 9.17) is 11.6 Å². The summed E-state index contributed by atoms with van der Waals surface area (Å²) in [6.45, 7) is 4.14. The zero-order chi connectivity index (χ0) is 13.7. The molecule has 0 saturated carbocycles. The topological polar surface area (TPSA) is 15.6 Å². The Labute approximate surface area is 131 Å². The predicted octanol–water partition coefficient (Wildman–Crippen LogP) is 5.05. The summed E-state index contributed by atoms with van der Waals surface area (Å²) in [5.41, 5.74) is 1.37. The molecule has 0 amide bonds. The van der Waals surface area contributed by atoms with E-state index in [9.17, 15) is 0 Å². The van der Waals surface area contributed by atoms with E-state index >= 15 is 0 Å². The maximum absolute atomic E-state index is 6.09. The largest absolute Gasteiger partial charge is 0.317 e. The van der Waals surface area contributed by atoms with Gasteiger partial charge in [0, 0.05) is 21.2 Å². The molecular formula is C15H13ClN2S2. The Bertz CT molecular complexity index is 760. The third-order valence-electron chi connectivity index (χ3n) is 3.59. The quantitative estimate of drug-likeness (QED) is 0.769. The number of allylic oxidation sites excluding steroid dienone is 1. The minimum atomic E-state index is 0.805. The van der Waals surface area contributed by atoms with Crippen LogP contribution in [-0.2, 0) is 0 Å². The first kappa shape index (κ1) is 12.7. The highest BCUT2D eigenvalue weighted by molar-refractivity contribution is 8.17. The smallest absolute Gasteiger partial charge is 0.168 e. The second-order valence-corrected chi connectivity index (χ2v) is 7.42. The van der Waals surface area contributed by atoms with Gasteiger partial charge in [-0.05, 0) is 30.0 Å². The van der Waals surface area contributed by atoms with Gasteiger partial charge in [0.15, 0.2) is 5.17 Å². The van der Waals surface area contributed by atoms with Crippen molar-refractivity contribution in [3.63, 3.8) is 0 Å². The molecule has 2 aliphatic rings. The lowest BCUT2D eigenvalue weighted by atomic mass is 10.2. The lowest BCUT2D eigenvalue weighted by Gasteiger charge is -2.15. The number of hydrogen-bond donors (Lipinski definition) is 0. The van der Waals surface area contributed by atoms with Crippen molar-refractivity contribution in [3.05, 3.63) is 39.1 Å². The average Bonchev–Trinajstić information content (AvgIpc) is 3.09. The zero-order valence-electron chi connectivity index (χ0n) is 11.0. The van der Waals surface area contributed by atoms with Crippen molar-refractivity contribution in [1.29, 1.82) is 0 Å². The minimum Gasteiger partial charge on any atom is -0.317 e. The number of rotatable bonds is 2. The van der Waals surface area contributed by atoms with Gasteiger partial charge >= 0.3 is 0 Å². The molecule has 2 nitrogen and oxygen atoms in total. The third kappa shape index (κ3) is 1.90. The molecule has 1 aromatic carbocycles. The first-order valence-electron chi connectivity index (χ1n) is 6.68. The third-order valence-corrected chi connectivity index (χ3v) is 6.19. The van der Waals surface area contributed by atoms with Gasteiger partial charge in [-0.1, -0.05) is 36.4 Å². The van der Waals surface area contributed by atoms with E-state index in [1.807, 2.05) is 29.2 Å². The van der Waals surface area contributed by atoms with Gasteiger partial charge in [-0.25, -0.2) is 0 Å². The summed E-state index contributed by atoms with van der Waals surface area (Å²) in [4.78, 5) is 9.72. The Morgan fingerprint density at radius 1 is 1.35 bits per heavy atom. The van der Waals surface area contributed by atoms with Crippen LogP contribution < -0.4 is 0 Å². The molecule has 4 rings (SSSR count). The molecule has 2 aliphatic heterocycles. The zero-order valence-corrected chi connectivity index (χ0v) is 13.4. The highest BCUT2D eigenvalue weighted by Crippen LogP contribution is 2.45. The van der Waals surface area contributed by atoms with Gasteiger partial charge in [0.05, 0.1) is 17.1 Å². The normalized spacial score (nSPS) is 18.1. The molecule has 0 radical (unpaired) electrons. The van der Waals surface area contributed by atoms with Crippen molar-refractivity contribution in [2.24, 2.45) is 4.99 Å².